The van der Waals surface area contributed by atoms with Gasteiger partial charge in [-0.3, -0.25) is 0 Å². The van der Waals surface area contributed by atoms with E-state index in [1.807, 2.05) is 27.7 Å². The van der Waals surface area contributed by atoms with Crippen LogP contribution < -0.4 is 0 Å². The quantitative estimate of drug-likeness (QED) is 0.750. The summed E-state index contributed by atoms with van der Waals surface area (Å²) < 4.78 is 39.4. The zero-order valence-electron chi connectivity index (χ0n) is 11.4. The predicted octanol–water partition coefficient (Wildman–Crippen LogP) is 4.78. The molecule has 18 heavy (non-hydrogen) atoms. The first kappa shape index (κ1) is 15.1. The monoisotopic (exact) mass is 262 g/mol. The Bertz CT molecular complexity index is 376. The smallest absolute Gasteiger partial charge is 0.331 e. The van der Waals surface area contributed by atoms with Gasteiger partial charge in [0.25, 0.3) is 0 Å². The Balaban J connectivity index is 0.000000771. The van der Waals surface area contributed by atoms with E-state index < -0.39 is 11.9 Å². The third-order valence-corrected chi connectivity index (χ3v) is 3.04. The molecule has 0 spiro atoms. The highest BCUT2D eigenvalue weighted by Crippen LogP contribution is 2.37. The van der Waals surface area contributed by atoms with Crippen molar-refractivity contribution >= 4 is 0 Å². The molecule has 0 saturated heterocycles. The molecule has 0 radical (unpaired) electrons. The molecule has 0 unspecified atom stereocenters. The molecule has 1 aliphatic rings. The van der Waals surface area contributed by atoms with E-state index in [-0.39, 0.29) is 12.0 Å². The zero-order valence-corrected chi connectivity index (χ0v) is 11.4. The second kappa shape index (κ2) is 5.76. The Morgan fingerprint density at radius 1 is 1.28 bits per heavy atom. The number of imidazole rings is 1. The van der Waals surface area contributed by atoms with Crippen molar-refractivity contribution in [2.45, 2.75) is 65.1 Å². The normalized spacial score (nSPS) is 16.2. The second-order valence-corrected chi connectivity index (χ2v) is 4.63. The van der Waals surface area contributed by atoms with Gasteiger partial charge in [-0.1, -0.05) is 27.7 Å². The maximum absolute atomic E-state index is 12.6. The van der Waals surface area contributed by atoms with Gasteiger partial charge in [-0.2, -0.15) is 13.2 Å². The van der Waals surface area contributed by atoms with E-state index in [1.54, 1.807) is 4.57 Å². The minimum Gasteiger partial charge on any atom is -0.331 e. The fourth-order valence-electron chi connectivity index (χ4n) is 1.93. The van der Waals surface area contributed by atoms with Crippen LogP contribution in [-0.2, 0) is 6.18 Å². The molecule has 1 aromatic rings. The van der Waals surface area contributed by atoms with Gasteiger partial charge in [-0.05, 0) is 19.3 Å². The summed E-state index contributed by atoms with van der Waals surface area (Å²) in [6.07, 6.45) is -0.139. The van der Waals surface area contributed by atoms with Crippen LogP contribution in [-0.4, -0.2) is 9.55 Å². The van der Waals surface area contributed by atoms with Gasteiger partial charge in [0.2, 0.25) is 0 Å². The van der Waals surface area contributed by atoms with Crippen molar-refractivity contribution in [1.29, 1.82) is 0 Å². The van der Waals surface area contributed by atoms with Crippen molar-refractivity contribution in [2.75, 3.05) is 0 Å². The average molecular weight is 262 g/mol. The van der Waals surface area contributed by atoms with Gasteiger partial charge in [-0.25, -0.2) is 4.98 Å². The Hall–Kier alpha value is -1.00. The molecule has 0 bridgehead atoms. The fourth-order valence-corrected chi connectivity index (χ4v) is 1.93. The molecule has 0 atom stereocenters. The van der Waals surface area contributed by atoms with Crippen molar-refractivity contribution in [1.82, 2.24) is 9.55 Å². The summed E-state index contributed by atoms with van der Waals surface area (Å²) in [6, 6.07) is 0.223. The predicted molar refractivity (Wildman–Crippen MR) is 65.6 cm³/mol. The minimum absolute atomic E-state index is 0.0247. The lowest BCUT2D eigenvalue weighted by Gasteiger charge is -2.29. The first-order valence-electron chi connectivity index (χ1n) is 6.55. The molecule has 0 aromatic carbocycles. The topological polar surface area (TPSA) is 17.8 Å². The Morgan fingerprint density at radius 2 is 1.83 bits per heavy atom. The molecule has 1 aliphatic carbocycles. The number of rotatable bonds is 2. The molecule has 2 rings (SSSR count). The standard InChI is InChI=1S/C11H15F3N2.C2H6/c1-7(2)10-15-9(11(12,13)14)6-16(10)8-4-3-5-8;1-2/h6-8H,3-5H2,1-2H3;1-2H3. The second-order valence-electron chi connectivity index (χ2n) is 4.63. The van der Waals surface area contributed by atoms with E-state index in [2.05, 4.69) is 4.98 Å². The van der Waals surface area contributed by atoms with E-state index in [0.29, 0.717) is 5.82 Å². The molecular weight excluding hydrogens is 241 g/mol. The van der Waals surface area contributed by atoms with E-state index in [1.165, 1.54) is 6.20 Å². The molecular formula is C13H21F3N2. The molecule has 104 valence electrons. The summed E-state index contributed by atoms with van der Waals surface area (Å²) in [7, 11) is 0. The zero-order chi connectivity index (χ0) is 13.9. The molecule has 0 amide bonds. The van der Waals surface area contributed by atoms with Gasteiger partial charge in [0.1, 0.15) is 5.82 Å². The minimum atomic E-state index is -4.33. The molecule has 1 saturated carbocycles. The Morgan fingerprint density at radius 3 is 2.17 bits per heavy atom. The maximum atomic E-state index is 12.6. The molecule has 0 aliphatic heterocycles. The van der Waals surface area contributed by atoms with Gasteiger partial charge in [0, 0.05) is 18.2 Å². The van der Waals surface area contributed by atoms with Crippen molar-refractivity contribution in [3.8, 4) is 0 Å². The van der Waals surface area contributed by atoms with Crippen LogP contribution in [0.15, 0.2) is 6.20 Å². The third-order valence-electron chi connectivity index (χ3n) is 3.04. The van der Waals surface area contributed by atoms with Gasteiger partial charge in [0.15, 0.2) is 5.69 Å². The summed E-state index contributed by atoms with van der Waals surface area (Å²) in [5, 5.41) is 0. The SMILES string of the molecule is CC.CC(C)c1nc(C(F)(F)F)cn1C1CCC1. The van der Waals surface area contributed by atoms with E-state index in [4.69, 9.17) is 0 Å². The van der Waals surface area contributed by atoms with E-state index in [0.717, 1.165) is 19.3 Å². The van der Waals surface area contributed by atoms with Crippen LogP contribution in [0.1, 0.15) is 70.4 Å². The number of hydrogen-bond acceptors (Lipinski definition) is 1. The van der Waals surface area contributed by atoms with Crippen LogP contribution in [0.4, 0.5) is 13.2 Å². The molecule has 2 nitrogen and oxygen atoms in total. The van der Waals surface area contributed by atoms with Gasteiger partial charge in [-0.15, -0.1) is 0 Å². The van der Waals surface area contributed by atoms with Crippen molar-refractivity contribution in [2.24, 2.45) is 0 Å². The number of aromatic nitrogens is 2. The van der Waals surface area contributed by atoms with Crippen molar-refractivity contribution in [3.63, 3.8) is 0 Å². The van der Waals surface area contributed by atoms with Gasteiger partial charge < -0.3 is 4.57 Å². The van der Waals surface area contributed by atoms with Gasteiger partial charge in [0.05, 0.1) is 0 Å². The average Bonchev–Trinajstić information content (AvgIpc) is 2.62. The third kappa shape index (κ3) is 3.06. The van der Waals surface area contributed by atoms with E-state index in [9.17, 15) is 13.2 Å². The first-order valence-corrected chi connectivity index (χ1v) is 6.55. The highest BCUT2D eigenvalue weighted by Gasteiger charge is 2.36. The molecule has 1 fully saturated rings. The first-order chi connectivity index (χ1) is 8.39. The lowest BCUT2D eigenvalue weighted by atomic mass is 9.92. The summed E-state index contributed by atoms with van der Waals surface area (Å²) in [4.78, 5) is 3.72. The molecule has 0 N–H and O–H groups in total. The Kier molecular flexibility index (Phi) is 4.82. The van der Waals surface area contributed by atoms with Crippen LogP contribution in [0.3, 0.4) is 0 Å². The molecule has 5 heteroatoms. The summed E-state index contributed by atoms with van der Waals surface area (Å²) in [5.74, 6) is 0.578. The van der Waals surface area contributed by atoms with Crippen LogP contribution in [0.25, 0.3) is 0 Å². The number of hydrogen-bond donors (Lipinski definition) is 0. The largest absolute Gasteiger partial charge is 0.434 e. The number of halogens is 3. The van der Waals surface area contributed by atoms with Crippen molar-refractivity contribution < 1.29 is 13.2 Å². The van der Waals surface area contributed by atoms with Crippen LogP contribution >= 0.6 is 0 Å². The number of nitrogens with zero attached hydrogens (tertiary/aromatic N) is 2. The highest BCUT2D eigenvalue weighted by atomic mass is 19.4. The van der Waals surface area contributed by atoms with Crippen LogP contribution in [0.2, 0.25) is 0 Å². The van der Waals surface area contributed by atoms with Crippen LogP contribution in [0.5, 0.6) is 0 Å². The molecule has 1 heterocycles. The number of alkyl halides is 3. The highest BCUT2D eigenvalue weighted by molar-refractivity contribution is 5.12. The maximum Gasteiger partial charge on any atom is 0.434 e. The Labute approximate surface area is 106 Å². The lowest BCUT2D eigenvalue weighted by molar-refractivity contribution is -0.141. The fraction of sp³-hybridized carbons (Fsp3) is 0.769. The summed E-state index contributed by atoms with van der Waals surface area (Å²) in [5.41, 5.74) is -0.761. The van der Waals surface area contributed by atoms with Gasteiger partial charge >= 0.3 is 6.18 Å². The summed E-state index contributed by atoms with van der Waals surface area (Å²) in [6.45, 7) is 7.75. The summed E-state index contributed by atoms with van der Waals surface area (Å²) >= 11 is 0. The van der Waals surface area contributed by atoms with Crippen LogP contribution in [0, 0.1) is 0 Å². The van der Waals surface area contributed by atoms with E-state index >= 15 is 0 Å². The van der Waals surface area contributed by atoms with Crippen molar-refractivity contribution in [3.05, 3.63) is 17.7 Å². The molecule has 1 aromatic heterocycles. The lowest BCUT2D eigenvalue weighted by Crippen LogP contribution is -2.19.